The number of benzene rings is 1. The van der Waals surface area contributed by atoms with Crippen molar-refractivity contribution < 1.29 is 27.9 Å². The molecule has 152 valence electrons. The van der Waals surface area contributed by atoms with Gasteiger partial charge in [0.2, 0.25) is 5.91 Å². The standard InChI is InChI=1S/C21H24F3NO3/c22-21(23,24)16-3-1-2-12(7-16)8-17(18(26)27)25-19(28)20-9-13-4-14(10-20)6-15(5-13)11-20/h1-3,7,13-15,17H,4-6,8-11H2,(H,25,28)(H,26,27)/t13?,14?,15?,17-,20?/m0/s1. The highest BCUT2D eigenvalue weighted by atomic mass is 19.4. The van der Waals surface area contributed by atoms with E-state index in [4.69, 9.17) is 0 Å². The molecule has 4 saturated carbocycles. The van der Waals surface area contributed by atoms with Gasteiger partial charge >= 0.3 is 12.1 Å². The number of hydrogen-bond donors (Lipinski definition) is 2. The van der Waals surface area contributed by atoms with Gasteiger partial charge in [-0.25, -0.2) is 4.79 Å². The van der Waals surface area contributed by atoms with Crippen LogP contribution in [0.3, 0.4) is 0 Å². The Morgan fingerprint density at radius 1 is 1.11 bits per heavy atom. The summed E-state index contributed by atoms with van der Waals surface area (Å²) >= 11 is 0. The third-order valence-electron chi connectivity index (χ3n) is 6.82. The van der Waals surface area contributed by atoms with E-state index in [2.05, 4.69) is 5.32 Å². The Kier molecular flexibility index (Phi) is 4.67. The van der Waals surface area contributed by atoms with Gasteiger partial charge in [0.15, 0.2) is 0 Å². The van der Waals surface area contributed by atoms with Crippen LogP contribution in [0.1, 0.15) is 49.7 Å². The van der Waals surface area contributed by atoms with Crippen LogP contribution in [0.4, 0.5) is 13.2 Å². The summed E-state index contributed by atoms with van der Waals surface area (Å²) in [5.41, 5.74) is -1.06. The minimum Gasteiger partial charge on any atom is -0.480 e. The molecule has 1 aromatic rings. The van der Waals surface area contributed by atoms with E-state index in [-0.39, 0.29) is 17.9 Å². The molecule has 0 saturated heterocycles. The van der Waals surface area contributed by atoms with Crippen LogP contribution < -0.4 is 5.32 Å². The number of rotatable bonds is 5. The second kappa shape index (κ2) is 6.78. The van der Waals surface area contributed by atoms with E-state index in [1.54, 1.807) is 0 Å². The lowest BCUT2D eigenvalue weighted by Crippen LogP contribution is -2.56. The molecular weight excluding hydrogens is 371 g/mol. The minimum absolute atomic E-state index is 0.169. The van der Waals surface area contributed by atoms with Gasteiger partial charge in [0.25, 0.3) is 0 Å². The monoisotopic (exact) mass is 395 g/mol. The number of halogens is 3. The largest absolute Gasteiger partial charge is 0.480 e. The maximum Gasteiger partial charge on any atom is 0.416 e. The normalized spacial score (nSPS) is 32.2. The van der Waals surface area contributed by atoms with Gasteiger partial charge < -0.3 is 10.4 Å². The van der Waals surface area contributed by atoms with Gasteiger partial charge in [-0.1, -0.05) is 18.2 Å². The van der Waals surface area contributed by atoms with Crippen LogP contribution >= 0.6 is 0 Å². The molecule has 0 spiro atoms. The fraction of sp³-hybridized carbons (Fsp3) is 0.619. The van der Waals surface area contributed by atoms with Crippen LogP contribution in [-0.4, -0.2) is 23.0 Å². The first-order valence-corrected chi connectivity index (χ1v) is 9.84. The molecule has 4 bridgehead atoms. The molecule has 1 aromatic carbocycles. The van der Waals surface area contributed by atoms with Crippen LogP contribution in [0.2, 0.25) is 0 Å². The van der Waals surface area contributed by atoms with Crippen molar-refractivity contribution in [3.8, 4) is 0 Å². The van der Waals surface area contributed by atoms with Crippen molar-refractivity contribution >= 4 is 11.9 Å². The lowest BCUT2D eigenvalue weighted by molar-refractivity contribution is -0.151. The number of aliphatic carboxylic acids is 1. The van der Waals surface area contributed by atoms with Crippen molar-refractivity contribution in [1.82, 2.24) is 5.32 Å². The quantitative estimate of drug-likeness (QED) is 0.791. The molecule has 0 unspecified atom stereocenters. The highest BCUT2D eigenvalue weighted by molar-refractivity contribution is 5.88. The average Bonchev–Trinajstić information content (AvgIpc) is 2.59. The molecule has 2 N–H and O–H groups in total. The predicted octanol–water partition coefficient (Wildman–Crippen LogP) is 4.03. The lowest BCUT2D eigenvalue weighted by Gasteiger charge is -2.55. The summed E-state index contributed by atoms with van der Waals surface area (Å²) in [6, 6.07) is 3.39. The number of nitrogens with one attached hydrogen (secondary N) is 1. The summed E-state index contributed by atoms with van der Waals surface area (Å²) in [6.07, 6.45) is 1.26. The van der Waals surface area contributed by atoms with E-state index in [0.29, 0.717) is 17.8 Å². The topological polar surface area (TPSA) is 66.4 Å². The first kappa shape index (κ1) is 19.3. The van der Waals surface area contributed by atoms with Crippen LogP contribution in [0, 0.1) is 23.2 Å². The van der Waals surface area contributed by atoms with E-state index in [9.17, 15) is 27.9 Å². The second-order valence-corrected chi connectivity index (χ2v) is 8.96. The Balaban J connectivity index is 1.49. The molecule has 0 aliphatic heterocycles. The van der Waals surface area contributed by atoms with E-state index in [0.717, 1.165) is 50.7 Å². The molecular formula is C21H24F3NO3. The van der Waals surface area contributed by atoms with Crippen LogP contribution in [0.15, 0.2) is 24.3 Å². The SMILES string of the molecule is O=C(O)[C@H](Cc1cccc(C(F)(F)F)c1)NC(=O)C12CC3CC(CC(C3)C1)C2. The van der Waals surface area contributed by atoms with Crippen molar-refractivity contribution in [3.63, 3.8) is 0 Å². The number of carbonyl (C=O) groups is 2. The van der Waals surface area contributed by atoms with Crippen molar-refractivity contribution in [1.29, 1.82) is 0 Å². The van der Waals surface area contributed by atoms with Crippen LogP contribution in [0.5, 0.6) is 0 Å². The zero-order chi connectivity index (χ0) is 20.1. The number of carboxylic acids is 1. The zero-order valence-electron chi connectivity index (χ0n) is 15.5. The minimum atomic E-state index is -4.49. The molecule has 1 amide bonds. The van der Waals surface area contributed by atoms with Crippen LogP contribution in [0.25, 0.3) is 0 Å². The maximum atomic E-state index is 13.1. The molecule has 5 rings (SSSR count). The van der Waals surface area contributed by atoms with Gasteiger partial charge in [-0.2, -0.15) is 13.2 Å². The molecule has 0 heterocycles. The first-order valence-electron chi connectivity index (χ1n) is 9.84. The summed E-state index contributed by atoms with van der Waals surface area (Å²) in [6.45, 7) is 0. The van der Waals surface area contributed by atoms with Crippen LogP contribution in [-0.2, 0) is 22.2 Å². The van der Waals surface area contributed by atoms with Crippen molar-refractivity contribution in [2.75, 3.05) is 0 Å². The van der Waals surface area contributed by atoms with Crippen molar-refractivity contribution in [3.05, 3.63) is 35.4 Å². The molecule has 4 fully saturated rings. The number of alkyl halides is 3. The summed E-state index contributed by atoms with van der Waals surface area (Å²) in [5, 5.41) is 12.2. The summed E-state index contributed by atoms with van der Waals surface area (Å²) in [4.78, 5) is 24.8. The van der Waals surface area contributed by atoms with Gasteiger partial charge in [0.05, 0.1) is 5.56 Å². The Morgan fingerprint density at radius 2 is 1.68 bits per heavy atom. The van der Waals surface area contributed by atoms with Crippen molar-refractivity contribution in [2.45, 2.75) is 57.2 Å². The maximum absolute atomic E-state index is 13.1. The van der Waals surface area contributed by atoms with Gasteiger partial charge in [-0.15, -0.1) is 0 Å². The van der Waals surface area contributed by atoms with Gasteiger partial charge in [0, 0.05) is 11.8 Å². The Morgan fingerprint density at radius 3 is 2.18 bits per heavy atom. The predicted molar refractivity (Wildman–Crippen MR) is 95.3 cm³/mol. The average molecular weight is 395 g/mol. The number of carbonyl (C=O) groups excluding carboxylic acids is 1. The van der Waals surface area contributed by atoms with E-state index < -0.39 is 29.2 Å². The van der Waals surface area contributed by atoms with Crippen molar-refractivity contribution in [2.24, 2.45) is 23.2 Å². The molecule has 1 atom stereocenters. The summed E-state index contributed by atoms with van der Waals surface area (Å²) in [7, 11) is 0. The Hall–Kier alpha value is -2.05. The third-order valence-corrected chi connectivity index (χ3v) is 6.82. The fourth-order valence-electron chi connectivity index (χ4n) is 6.01. The highest BCUT2D eigenvalue weighted by Crippen LogP contribution is 2.60. The van der Waals surface area contributed by atoms with E-state index in [1.165, 1.54) is 12.1 Å². The molecule has 4 aliphatic carbocycles. The molecule has 0 radical (unpaired) electrons. The molecule has 7 heteroatoms. The van der Waals surface area contributed by atoms with Gasteiger partial charge in [0.1, 0.15) is 6.04 Å². The van der Waals surface area contributed by atoms with Gasteiger partial charge in [-0.3, -0.25) is 4.79 Å². The molecule has 4 aliphatic rings. The zero-order valence-corrected chi connectivity index (χ0v) is 15.5. The number of hydrogen-bond acceptors (Lipinski definition) is 2. The number of carboxylic acid groups (broad SMARTS) is 1. The second-order valence-electron chi connectivity index (χ2n) is 8.96. The summed E-state index contributed by atoms with van der Waals surface area (Å²) in [5.74, 6) is 0.178. The highest BCUT2D eigenvalue weighted by Gasteiger charge is 2.55. The molecule has 28 heavy (non-hydrogen) atoms. The molecule has 4 nitrogen and oxygen atoms in total. The number of amides is 1. The third kappa shape index (κ3) is 3.63. The molecule has 0 aromatic heterocycles. The lowest BCUT2D eigenvalue weighted by atomic mass is 9.49. The fourth-order valence-corrected chi connectivity index (χ4v) is 6.01. The van der Waals surface area contributed by atoms with E-state index in [1.807, 2.05) is 0 Å². The first-order chi connectivity index (χ1) is 13.1. The Bertz CT molecular complexity index is 754. The van der Waals surface area contributed by atoms with E-state index >= 15 is 0 Å². The smallest absolute Gasteiger partial charge is 0.416 e. The summed E-state index contributed by atoms with van der Waals surface area (Å²) < 4.78 is 38.7. The van der Waals surface area contributed by atoms with Gasteiger partial charge in [-0.05, 0) is 67.9 Å². The Labute approximate surface area is 161 Å².